The fraction of sp³-hybridized carbons (Fsp3) is 0.214. The number of thioether (sulfide) groups is 1. The quantitative estimate of drug-likeness (QED) is 0.898. The van der Waals surface area contributed by atoms with Crippen molar-refractivity contribution in [3.8, 4) is 0 Å². The minimum Gasteiger partial charge on any atom is -0.493 e. The summed E-state index contributed by atoms with van der Waals surface area (Å²) in [5.74, 6) is 0.176. The highest BCUT2D eigenvalue weighted by atomic mass is 32.2. The Labute approximate surface area is 115 Å². The fourth-order valence-corrected chi connectivity index (χ4v) is 3.31. The molecule has 0 saturated heterocycles. The second kappa shape index (κ2) is 4.75. The van der Waals surface area contributed by atoms with Crippen LogP contribution < -0.4 is 5.32 Å². The Bertz CT molecular complexity index is 606. The van der Waals surface area contributed by atoms with E-state index >= 15 is 0 Å². The minimum atomic E-state index is -0.596. The summed E-state index contributed by atoms with van der Waals surface area (Å²) in [6.45, 7) is 0. The molecule has 0 aromatic heterocycles. The zero-order valence-electron chi connectivity index (χ0n) is 10.6. The van der Waals surface area contributed by atoms with Crippen LogP contribution >= 0.6 is 11.8 Å². The van der Waals surface area contributed by atoms with Crippen molar-refractivity contribution in [2.45, 2.75) is 11.0 Å². The molecule has 0 saturated carbocycles. The van der Waals surface area contributed by atoms with Gasteiger partial charge in [-0.2, -0.15) is 0 Å². The molecule has 5 heteroatoms. The molecule has 0 fully saturated rings. The standard InChI is InChI=1S/C14H13NO3S/c1-17-10-7-9-14(13(18-2)12(10)16)19-11-6-4-3-5-8(11)15-9/h3-7,13,15H,1-2H3. The van der Waals surface area contributed by atoms with Gasteiger partial charge in [-0.25, -0.2) is 0 Å². The smallest absolute Gasteiger partial charge is 0.231 e. The van der Waals surface area contributed by atoms with Crippen LogP contribution in [-0.2, 0) is 14.3 Å². The van der Waals surface area contributed by atoms with Crippen molar-refractivity contribution >= 4 is 23.2 Å². The van der Waals surface area contributed by atoms with Crippen LogP contribution in [0.15, 0.2) is 51.6 Å². The molecule has 1 heterocycles. The Morgan fingerprint density at radius 3 is 2.79 bits per heavy atom. The Morgan fingerprint density at radius 1 is 1.26 bits per heavy atom. The molecule has 1 atom stereocenters. The number of Topliss-reactive ketones (excluding diaryl/α,β-unsaturated/α-hetero) is 1. The third kappa shape index (κ3) is 1.95. The van der Waals surface area contributed by atoms with Crippen LogP contribution in [0.1, 0.15) is 0 Å². The lowest BCUT2D eigenvalue weighted by Gasteiger charge is -2.29. The van der Waals surface area contributed by atoms with E-state index in [-0.39, 0.29) is 5.78 Å². The van der Waals surface area contributed by atoms with E-state index in [0.29, 0.717) is 5.76 Å². The third-order valence-corrected chi connectivity index (χ3v) is 4.32. The van der Waals surface area contributed by atoms with Gasteiger partial charge in [0.05, 0.1) is 23.4 Å². The summed E-state index contributed by atoms with van der Waals surface area (Å²) >= 11 is 1.56. The molecule has 3 rings (SSSR count). The van der Waals surface area contributed by atoms with Crippen molar-refractivity contribution in [3.05, 3.63) is 46.7 Å². The molecule has 19 heavy (non-hydrogen) atoms. The Hall–Kier alpha value is -1.72. The normalized spacial score (nSPS) is 21.3. The number of rotatable bonds is 2. The predicted octanol–water partition coefficient (Wildman–Crippen LogP) is 2.54. The second-order valence-electron chi connectivity index (χ2n) is 4.19. The maximum absolute atomic E-state index is 12.2. The summed E-state index contributed by atoms with van der Waals surface area (Å²) in [7, 11) is 3.03. The topological polar surface area (TPSA) is 47.6 Å². The van der Waals surface area contributed by atoms with Crippen molar-refractivity contribution in [3.63, 3.8) is 0 Å². The fourth-order valence-electron chi connectivity index (χ4n) is 2.17. The van der Waals surface area contributed by atoms with E-state index in [1.807, 2.05) is 24.3 Å². The monoisotopic (exact) mass is 275 g/mol. The number of fused-ring (bicyclic) bond motifs is 1. The van der Waals surface area contributed by atoms with Gasteiger partial charge in [-0.15, -0.1) is 0 Å². The first-order valence-electron chi connectivity index (χ1n) is 5.85. The number of benzene rings is 1. The van der Waals surface area contributed by atoms with E-state index in [2.05, 4.69) is 5.32 Å². The molecular weight excluding hydrogens is 262 g/mol. The number of hydrogen-bond donors (Lipinski definition) is 1. The average Bonchev–Trinajstić information content (AvgIpc) is 2.45. The summed E-state index contributed by atoms with van der Waals surface area (Å²) in [6.07, 6.45) is 1.14. The number of carbonyl (C=O) groups is 1. The summed E-state index contributed by atoms with van der Waals surface area (Å²) < 4.78 is 10.5. The lowest BCUT2D eigenvalue weighted by atomic mass is 10.0. The van der Waals surface area contributed by atoms with Gasteiger partial charge in [0, 0.05) is 18.1 Å². The molecule has 1 aromatic rings. The van der Waals surface area contributed by atoms with E-state index in [4.69, 9.17) is 9.47 Å². The number of methoxy groups -OCH3 is 2. The molecule has 98 valence electrons. The molecule has 1 aliphatic carbocycles. The number of allylic oxidation sites excluding steroid dienone is 1. The first kappa shape index (κ1) is 12.3. The molecule has 0 bridgehead atoms. The molecule has 1 unspecified atom stereocenters. The third-order valence-electron chi connectivity index (χ3n) is 3.09. The van der Waals surface area contributed by atoms with E-state index in [1.165, 1.54) is 14.2 Å². The minimum absolute atomic E-state index is 0.141. The highest BCUT2D eigenvalue weighted by Crippen LogP contribution is 2.44. The maximum atomic E-state index is 12.2. The Balaban J connectivity index is 2.06. The van der Waals surface area contributed by atoms with E-state index in [1.54, 1.807) is 17.8 Å². The summed E-state index contributed by atoms with van der Waals surface area (Å²) in [6, 6.07) is 7.97. The number of nitrogens with one attached hydrogen (secondary N) is 1. The Morgan fingerprint density at radius 2 is 2.05 bits per heavy atom. The molecule has 2 aliphatic rings. The second-order valence-corrected chi connectivity index (χ2v) is 5.28. The maximum Gasteiger partial charge on any atom is 0.231 e. The molecule has 0 spiro atoms. The van der Waals surface area contributed by atoms with Crippen molar-refractivity contribution in [2.24, 2.45) is 0 Å². The molecule has 1 aliphatic heterocycles. The highest BCUT2D eigenvalue weighted by molar-refractivity contribution is 8.03. The van der Waals surface area contributed by atoms with E-state index in [0.717, 1.165) is 21.2 Å². The van der Waals surface area contributed by atoms with Gasteiger partial charge in [0.25, 0.3) is 0 Å². The van der Waals surface area contributed by atoms with Crippen LogP contribution in [-0.4, -0.2) is 26.1 Å². The molecule has 4 nitrogen and oxygen atoms in total. The Kier molecular flexibility index (Phi) is 3.08. The number of ketones is 1. The number of para-hydroxylation sites is 1. The van der Waals surface area contributed by atoms with Crippen LogP contribution in [0.25, 0.3) is 0 Å². The number of carbonyl (C=O) groups excluding carboxylic acids is 1. The molecule has 0 amide bonds. The van der Waals surface area contributed by atoms with E-state index in [9.17, 15) is 4.79 Å². The van der Waals surface area contributed by atoms with Crippen LogP contribution in [0.2, 0.25) is 0 Å². The first-order chi connectivity index (χ1) is 9.24. The highest BCUT2D eigenvalue weighted by Gasteiger charge is 2.35. The van der Waals surface area contributed by atoms with Gasteiger partial charge in [0.1, 0.15) is 0 Å². The van der Waals surface area contributed by atoms with Gasteiger partial charge in [-0.05, 0) is 12.1 Å². The summed E-state index contributed by atoms with van der Waals surface area (Å²) in [5.41, 5.74) is 1.90. The number of anilines is 1. The predicted molar refractivity (Wildman–Crippen MR) is 73.8 cm³/mol. The summed E-state index contributed by atoms with van der Waals surface area (Å²) in [4.78, 5) is 14.1. The zero-order valence-corrected chi connectivity index (χ0v) is 11.4. The lowest BCUT2D eigenvalue weighted by molar-refractivity contribution is -0.126. The zero-order chi connectivity index (χ0) is 13.4. The van der Waals surface area contributed by atoms with Gasteiger partial charge >= 0.3 is 0 Å². The van der Waals surface area contributed by atoms with Crippen LogP contribution in [0.4, 0.5) is 5.69 Å². The van der Waals surface area contributed by atoms with Crippen LogP contribution in [0, 0.1) is 0 Å². The molecular formula is C14H13NO3S. The molecule has 1 aromatic carbocycles. The van der Waals surface area contributed by atoms with Crippen molar-refractivity contribution < 1.29 is 14.3 Å². The van der Waals surface area contributed by atoms with Crippen molar-refractivity contribution in [2.75, 3.05) is 19.5 Å². The van der Waals surface area contributed by atoms with Crippen LogP contribution in [0.5, 0.6) is 0 Å². The van der Waals surface area contributed by atoms with E-state index < -0.39 is 6.10 Å². The largest absolute Gasteiger partial charge is 0.493 e. The van der Waals surface area contributed by atoms with Crippen molar-refractivity contribution in [1.82, 2.24) is 0 Å². The number of hydrogen-bond acceptors (Lipinski definition) is 5. The van der Waals surface area contributed by atoms with Gasteiger partial charge in [-0.3, -0.25) is 4.79 Å². The van der Waals surface area contributed by atoms with Crippen molar-refractivity contribution in [1.29, 1.82) is 0 Å². The van der Waals surface area contributed by atoms with Gasteiger partial charge in [0.15, 0.2) is 11.9 Å². The molecule has 0 radical (unpaired) electrons. The number of ether oxygens (including phenoxy) is 2. The van der Waals surface area contributed by atoms with Gasteiger partial charge < -0.3 is 14.8 Å². The lowest BCUT2D eigenvalue weighted by Crippen LogP contribution is -2.32. The summed E-state index contributed by atoms with van der Waals surface area (Å²) in [5, 5.41) is 3.32. The van der Waals surface area contributed by atoms with Crippen LogP contribution in [0.3, 0.4) is 0 Å². The molecule has 1 N–H and O–H groups in total. The van der Waals surface area contributed by atoms with Gasteiger partial charge in [-0.1, -0.05) is 23.9 Å². The first-order valence-corrected chi connectivity index (χ1v) is 6.67. The van der Waals surface area contributed by atoms with Gasteiger partial charge in [0.2, 0.25) is 5.78 Å². The average molecular weight is 275 g/mol. The SMILES string of the molecule is COC1=CC2=C(Sc3ccccc3N2)C(OC)C1=O.